The molecule has 17 heavy (non-hydrogen) atoms. The van der Waals surface area contributed by atoms with Crippen molar-refractivity contribution >= 4 is 32.9 Å². The van der Waals surface area contributed by atoms with Crippen LogP contribution < -0.4 is 16.4 Å². The Hall–Kier alpha value is -1.92. The first-order valence-electron chi connectivity index (χ1n) is 5.15. The monoisotopic (exact) mass is 245 g/mol. The van der Waals surface area contributed by atoms with Crippen LogP contribution in [-0.2, 0) is 0 Å². The van der Waals surface area contributed by atoms with Gasteiger partial charge >= 0.3 is 0 Å². The third kappa shape index (κ3) is 1.67. The average molecular weight is 245 g/mol. The Morgan fingerprint density at radius 2 is 2.12 bits per heavy atom. The number of hydrogen-bond donors (Lipinski definition) is 2. The first-order valence-corrected chi connectivity index (χ1v) is 5.97. The molecule has 0 bridgehead atoms. The summed E-state index contributed by atoms with van der Waals surface area (Å²) < 4.78 is 1.11. The van der Waals surface area contributed by atoms with Gasteiger partial charge in [-0.1, -0.05) is 23.5 Å². The van der Waals surface area contributed by atoms with Gasteiger partial charge in [-0.3, -0.25) is 15.6 Å². The molecule has 0 aliphatic carbocycles. The van der Waals surface area contributed by atoms with Gasteiger partial charge in [-0.15, -0.1) is 0 Å². The van der Waals surface area contributed by atoms with E-state index in [4.69, 9.17) is 11.5 Å². The highest BCUT2D eigenvalue weighted by molar-refractivity contribution is 7.22. The first-order chi connectivity index (χ1) is 8.25. The number of hydrogen-bond acceptors (Lipinski definition) is 6. The van der Waals surface area contributed by atoms with Gasteiger partial charge in [0.1, 0.15) is 5.82 Å². The summed E-state index contributed by atoms with van der Waals surface area (Å²) in [6.07, 6.45) is 2.83. The number of allylic oxidation sites excluding steroid dienone is 1. The van der Waals surface area contributed by atoms with Crippen molar-refractivity contribution in [3.8, 4) is 0 Å². The molecule has 0 saturated carbocycles. The van der Waals surface area contributed by atoms with Crippen LogP contribution >= 0.6 is 11.3 Å². The number of aliphatic imine (C=N–C) groups is 1. The molecule has 1 aliphatic heterocycles. The molecule has 86 valence electrons. The van der Waals surface area contributed by atoms with E-state index in [0.29, 0.717) is 5.82 Å². The molecule has 0 saturated heterocycles. The number of benzene rings is 1. The SMILES string of the molecule is NC1=CC=NC(N)N1c1nc2ccccc2s1. The molecule has 4 N–H and O–H groups in total. The van der Waals surface area contributed by atoms with E-state index in [0.717, 1.165) is 15.3 Å². The smallest absolute Gasteiger partial charge is 0.194 e. The molecule has 5 nitrogen and oxygen atoms in total. The highest BCUT2D eigenvalue weighted by Gasteiger charge is 2.21. The largest absolute Gasteiger partial charge is 0.385 e. The Kier molecular flexibility index (Phi) is 2.31. The lowest BCUT2D eigenvalue weighted by Gasteiger charge is -2.27. The van der Waals surface area contributed by atoms with E-state index in [2.05, 4.69) is 9.98 Å². The van der Waals surface area contributed by atoms with Crippen molar-refractivity contribution in [2.75, 3.05) is 4.90 Å². The summed E-state index contributed by atoms with van der Waals surface area (Å²) in [6, 6.07) is 7.93. The van der Waals surface area contributed by atoms with Crippen LogP contribution in [0.25, 0.3) is 10.2 Å². The number of nitrogens with two attached hydrogens (primary N) is 2. The van der Waals surface area contributed by atoms with Gasteiger partial charge in [0.05, 0.1) is 10.2 Å². The second-order valence-electron chi connectivity index (χ2n) is 3.64. The van der Waals surface area contributed by atoms with Crippen molar-refractivity contribution in [3.05, 3.63) is 36.2 Å². The Balaban J connectivity index is 2.09. The molecule has 1 unspecified atom stereocenters. The summed E-state index contributed by atoms with van der Waals surface area (Å²) in [4.78, 5) is 10.3. The van der Waals surface area contributed by atoms with Crippen molar-refractivity contribution in [2.24, 2.45) is 16.5 Å². The summed E-state index contributed by atoms with van der Waals surface area (Å²) in [5, 5.41) is 0.768. The van der Waals surface area contributed by atoms with Crippen LogP contribution in [0.2, 0.25) is 0 Å². The van der Waals surface area contributed by atoms with Crippen molar-refractivity contribution in [2.45, 2.75) is 6.29 Å². The molecule has 1 aromatic heterocycles. The van der Waals surface area contributed by atoms with Crippen LogP contribution in [0, 0.1) is 0 Å². The summed E-state index contributed by atoms with van der Waals surface area (Å²) in [5.74, 6) is 0.562. The quantitative estimate of drug-likeness (QED) is 0.791. The van der Waals surface area contributed by atoms with Gasteiger partial charge in [0, 0.05) is 6.21 Å². The summed E-state index contributed by atoms with van der Waals surface area (Å²) in [6.45, 7) is 0. The Bertz CT molecular complexity index is 582. The predicted octanol–water partition coefficient (Wildman–Crippen LogP) is 1.23. The number of thiazole rings is 1. The maximum Gasteiger partial charge on any atom is 0.194 e. The lowest BCUT2D eigenvalue weighted by molar-refractivity contribution is 0.681. The Labute approximate surface area is 102 Å². The second-order valence-corrected chi connectivity index (χ2v) is 4.65. The zero-order valence-electron chi connectivity index (χ0n) is 8.95. The lowest BCUT2D eigenvalue weighted by atomic mass is 10.3. The molecule has 0 radical (unpaired) electrons. The maximum absolute atomic E-state index is 5.91. The van der Waals surface area contributed by atoms with Crippen LogP contribution in [0.15, 0.2) is 41.2 Å². The molecular formula is C11H11N5S. The van der Waals surface area contributed by atoms with E-state index in [-0.39, 0.29) is 0 Å². The summed E-state index contributed by atoms with van der Waals surface area (Å²) in [5.41, 5.74) is 12.7. The van der Waals surface area contributed by atoms with E-state index in [1.165, 1.54) is 0 Å². The molecule has 0 spiro atoms. The number of anilines is 1. The average Bonchev–Trinajstić information content (AvgIpc) is 2.71. The summed E-state index contributed by atoms with van der Waals surface area (Å²) in [7, 11) is 0. The molecule has 2 aromatic rings. The van der Waals surface area contributed by atoms with Crippen LogP contribution in [0.3, 0.4) is 0 Å². The van der Waals surface area contributed by atoms with E-state index >= 15 is 0 Å². The van der Waals surface area contributed by atoms with Gasteiger partial charge in [-0.25, -0.2) is 4.98 Å². The molecule has 1 atom stereocenters. The van der Waals surface area contributed by atoms with E-state index in [1.54, 1.807) is 28.5 Å². The molecule has 3 rings (SSSR count). The van der Waals surface area contributed by atoms with Gasteiger partial charge < -0.3 is 5.73 Å². The van der Waals surface area contributed by atoms with Gasteiger partial charge in [0.25, 0.3) is 0 Å². The van der Waals surface area contributed by atoms with Crippen LogP contribution in [0.5, 0.6) is 0 Å². The minimum atomic E-state index is -0.499. The van der Waals surface area contributed by atoms with Crippen LogP contribution in [0.1, 0.15) is 0 Å². The zero-order valence-corrected chi connectivity index (χ0v) is 9.76. The number of aromatic nitrogens is 1. The number of nitrogens with zero attached hydrogens (tertiary/aromatic N) is 3. The molecular weight excluding hydrogens is 234 g/mol. The fraction of sp³-hybridized carbons (Fsp3) is 0.0909. The third-order valence-corrected chi connectivity index (χ3v) is 3.55. The predicted molar refractivity (Wildman–Crippen MR) is 70.8 cm³/mol. The number of para-hydroxylation sites is 1. The van der Waals surface area contributed by atoms with E-state index < -0.39 is 6.29 Å². The van der Waals surface area contributed by atoms with Crippen molar-refractivity contribution in [3.63, 3.8) is 0 Å². The van der Waals surface area contributed by atoms with Gasteiger partial charge in [0.2, 0.25) is 0 Å². The molecule has 2 heterocycles. The highest BCUT2D eigenvalue weighted by Crippen LogP contribution is 2.30. The molecule has 6 heteroatoms. The minimum absolute atomic E-state index is 0.499. The van der Waals surface area contributed by atoms with Gasteiger partial charge in [0.15, 0.2) is 11.4 Å². The van der Waals surface area contributed by atoms with E-state index in [1.807, 2.05) is 24.3 Å². The second kappa shape index (κ2) is 3.83. The number of rotatable bonds is 1. The Morgan fingerprint density at radius 3 is 2.88 bits per heavy atom. The fourth-order valence-electron chi connectivity index (χ4n) is 1.69. The van der Waals surface area contributed by atoms with Crippen molar-refractivity contribution in [1.29, 1.82) is 0 Å². The third-order valence-electron chi connectivity index (χ3n) is 2.52. The number of fused-ring (bicyclic) bond motifs is 1. The van der Waals surface area contributed by atoms with Crippen LogP contribution in [0.4, 0.5) is 5.13 Å². The fourth-order valence-corrected chi connectivity index (χ4v) is 2.71. The topological polar surface area (TPSA) is 80.5 Å². The normalized spacial score (nSPS) is 19.7. The highest BCUT2D eigenvalue weighted by atomic mass is 32.1. The molecule has 0 amide bonds. The van der Waals surface area contributed by atoms with Crippen molar-refractivity contribution in [1.82, 2.24) is 4.98 Å². The standard InChI is InChI=1S/C11H11N5S/c12-9-5-6-14-10(13)16(9)11-15-7-3-1-2-4-8(7)17-11/h1-6,10H,12-13H2. The molecule has 1 aromatic carbocycles. The lowest BCUT2D eigenvalue weighted by Crippen LogP contribution is -2.44. The Morgan fingerprint density at radius 1 is 1.29 bits per heavy atom. The molecule has 0 fully saturated rings. The van der Waals surface area contributed by atoms with Crippen molar-refractivity contribution < 1.29 is 0 Å². The van der Waals surface area contributed by atoms with E-state index in [9.17, 15) is 0 Å². The minimum Gasteiger partial charge on any atom is -0.385 e. The van der Waals surface area contributed by atoms with Crippen LogP contribution in [-0.4, -0.2) is 17.5 Å². The van der Waals surface area contributed by atoms with Gasteiger partial charge in [-0.05, 0) is 18.2 Å². The zero-order chi connectivity index (χ0) is 11.8. The summed E-state index contributed by atoms with van der Waals surface area (Å²) >= 11 is 1.55. The van der Waals surface area contributed by atoms with Gasteiger partial charge in [-0.2, -0.15) is 0 Å². The maximum atomic E-state index is 5.91. The first kappa shape index (κ1) is 10.2. The molecule has 1 aliphatic rings.